The maximum absolute atomic E-state index is 12.2. The Morgan fingerprint density at radius 3 is 2.71 bits per heavy atom. The number of benzene rings is 1. The number of nitrogens with zero attached hydrogens (tertiary/aromatic N) is 1. The van der Waals surface area contributed by atoms with Gasteiger partial charge in [-0.2, -0.15) is 0 Å². The van der Waals surface area contributed by atoms with Crippen LogP contribution in [0.15, 0.2) is 23.1 Å². The Balaban J connectivity index is 0.00000220. The van der Waals surface area contributed by atoms with Crippen molar-refractivity contribution in [3.8, 4) is 0 Å². The molecule has 0 radical (unpaired) electrons. The summed E-state index contributed by atoms with van der Waals surface area (Å²) in [5.74, 6) is 0.295. The summed E-state index contributed by atoms with van der Waals surface area (Å²) in [7, 11) is -3.62. The molecule has 1 aliphatic heterocycles. The third-order valence-corrected chi connectivity index (χ3v) is 4.97. The summed E-state index contributed by atoms with van der Waals surface area (Å²) in [5, 5.41) is 13.8. The number of non-ortho nitro benzene ring substituents is 1. The Bertz CT molecular complexity index is 615. The van der Waals surface area contributed by atoms with Crippen molar-refractivity contribution in [1.82, 2.24) is 10.0 Å². The SMILES string of the molecule is Cc1cc([N+](=O)[O-])ccc1S(=O)(=O)NCC1CCNC1.Cl. The van der Waals surface area contributed by atoms with Gasteiger partial charge in [-0.3, -0.25) is 10.1 Å². The van der Waals surface area contributed by atoms with E-state index in [1.165, 1.54) is 18.2 Å². The topological polar surface area (TPSA) is 101 Å². The van der Waals surface area contributed by atoms with Gasteiger partial charge in [-0.05, 0) is 44.0 Å². The Morgan fingerprint density at radius 1 is 1.48 bits per heavy atom. The summed E-state index contributed by atoms with van der Waals surface area (Å²) < 4.78 is 26.9. The van der Waals surface area contributed by atoms with Crippen LogP contribution in [-0.4, -0.2) is 33.0 Å². The molecule has 1 fully saturated rings. The maximum Gasteiger partial charge on any atom is 0.269 e. The van der Waals surface area contributed by atoms with E-state index in [2.05, 4.69) is 10.0 Å². The molecule has 21 heavy (non-hydrogen) atoms. The lowest BCUT2D eigenvalue weighted by atomic mass is 10.1. The number of hydrogen-bond acceptors (Lipinski definition) is 5. The summed E-state index contributed by atoms with van der Waals surface area (Å²) in [6, 6.07) is 3.76. The molecule has 118 valence electrons. The first-order valence-electron chi connectivity index (χ1n) is 6.35. The molecule has 0 saturated carbocycles. The van der Waals surface area contributed by atoms with Crippen LogP contribution in [-0.2, 0) is 10.0 Å². The number of rotatable bonds is 5. The lowest BCUT2D eigenvalue weighted by Crippen LogP contribution is -2.30. The van der Waals surface area contributed by atoms with Gasteiger partial charge < -0.3 is 5.32 Å². The van der Waals surface area contributed by atoms with E-state index >= 15 is 0 Å². The van der Waals surface area contributed by atoms with E-state index in [0.717, 1.165) is 19.5 Å². The van der Waals surface area contributed by atoms with Crippen LogP contribution in [0.1, 0.15) is 12.0 Å². The lowest BCUT2D eigenvalue weighted by Gasteiger charge is -2.12. The average molecular weight is 336 g/mol. The van der Waals surface area contributed by atoms with Crippen LogP contribution in [0.25, 0.3) is 0 Å². The molecule has 0 amide bonds. The molecule has 1 atom stereocenters. The van der Waals surface area contributed by atoms with Crippen LogP contribution in [0, 0.1) is 23.0 Å². The summed E-state index contributed by atoms with van der Waals surface area (Å²) in [6.45, 7) is 3.65. The Kier molecular flexibility index (Phi) is 6.09. The lowest BCUT2D eigenvalue weighted by molar-refractivity contribution is -0.385. The molecule has 1 aliphatic rings. The van der Waals surface area contributed by atoms with Crippen molar-refractivity contribution in [2.45, 2.75) is 18.2 Å². The maximum atomic E-state index is 12.2. The van der Waals surface area contributed by atoms with Gasteiger partial charge in [0.2, 0.25) is 10.0 Å². The highest BCUT2D eigenvalue weighted by Gasteiger charge is 2.22. The molecule has 0 aromatic heterocycles. The second kappa shape index (κ2) is 7.17. The number of nitro groups is 1. The summed E-state index contributed by atoms with van der Waals surface area (Å²) >= 11 is 0. The first kappa shape index (κ1) is 17.8. The molecular formula is C12H18ClN3O4S. The second-order valence-corrected chi connectivity index (χ2v) is 6.65. The first-order chi connectivity index (χ1) is 9.40. The molecule has 2 rings (SSSR count). The van der Waals surface area contributed by atoms with Crippen molar-refractivity contribution < 1.29 is 13.3 Å². The quantitative estimate of drug-likeness (QED) is 0.622. The van der Waals surface area contributed by atoms with E-state index in [9.17, 15) is 18.5 Å². The molecule has 0 spiro atoms. The molecular weight excluding hydrogens is 318 g/mol. The Morgan fingerprint density at radius 2 is 2.19 bits per heavy atom. The van der Waals surface area contributed by atoms with Crippen LogP contribution >= 0.6 is 12.4 Å². The number of aryl methyl sites for hydroxylation is 1. The van der Waals surface area contributed by atoms with Gasteiger partial charge in [0.25, 0.3) is 5.69 Å². The van der Waals surface area contributed by atoms with Crippen LogP contribution in [0.3, 0.4) is 0 Å². The minimum atomic E-state index is -3.62. The minimum Gasteiger partial charge on any atom is -0.316 e. The van der Waals surface area contributed by atoms with Gasteiger partial charge in [0, 0.05) is 18.7 Å². The predicted molar refractivity (Wildman–Crippen MR) is 81.2 cm³/mol. The minimum absolute atomic E-state index is 0. The zero-order chi connectivity index (χ0) is 14.8. The molecule has 2 N–H and O–H groups in total. The number of nitro benzene ring substituents is 1. The fraction of sp³-hybridized carbons (Fsp3) is 0.500. The van der Waals surface area contributed by atoms with E-state index in [1.54, 1.807) is 6.92 Å². The smallest absolute Gasteiger partial charge is 0.269 e. The van der Waals surface area contributed by atoms with Gasteiger partial charge in [0.05, 0.1) is 9.82 Å². The standard InChI is InChI=1S/C12H17N3O4S.ClH/c1-9-6-11(15(16)17)2-3-12(9)20(18,19)14-8-10-4-5-13-7-10;/h2-3,6,10,13-14H,4-5,7-8H2,1H3;1H. The summed E-state index contributed by atoms with van der Waals surface area (Å²) in [4.78, 5) is 10.2. The fourth-order valence-electron chi connectivity index (χ4n) is 2.24. The zero-order valence-corrected chi connectivity index (χ0v) is 13.2. The predicted octanol–water partition coefficient (Wildman–Crippen LogP) is 1.21. The molecule has 0 aliphatic carbocycles. The molecule has 1 unspecified atom stereocenters. The first-order valence-corrected chi connectivity index (χ1v) is 7.84. The van der Waals surface area contributed by atoms with Crippen molar-refractivity contribution in [3.05, 3.63) is 33.9 Å². The molecule has 1 heterocycles. The summed E-state index contributed by atoms with van der Waals surface area (Å²) in [5.41, 5.74) is 0.262. The molecule has 7 nitrogen and oxygen atoms in total. The Labute approximate surface area is 129 Å². The van der Waals surface area contributed by atoms with E-state index in [-0.39, 0.29) is 23.0 Å². The van der Waals surface area contributed by atoms with E-state index in [4.69, 9.17) is 0 Å². The van der Waals surface area contributed by atoms with Crippen LogP contribution in [0.5, 0.6) is 0 Å². The van der Waals surface area contributed by atoms with Gasteiger partial charge in [-0.1, -0.05) is 0 Å². The largest absolute Gasteiger partial charge is 0.316 e. The molecule has 1 aromatic carbocycles. The second-order valence-electron chi connectivity index (χ2n) is 4.92. The fourth-order valence-corrected chi connectivity index (χ4v) is 3.58. The van der Waals surface area contributed by atoms with Crippen molar-refractivity contribution in [2.75, 3.05) is 19.6 Å². The van der Waals surface area contributed by atoms with Gasteiger partial charge in [-0.15, -0.1) is 12.4 Å². The van der Waals surface area contributed by atoms with Crippen molar-refractivity contribution in [2.24, 2.45) is 5.92 Å². The van der Waals surface area contributed by atoms with Crippen LogP contribution in [0.4, 0.5) is 5.69 Å². The van der Waals surface area contributed by atoms with Gasteiger partial charge in [0.15, 0.2) is 0 Å². The molecule has 1 aromatic rings. The average Bonchev–Trinajstić information content (AvgIpc) is 2.89. The van der Waals surface area contributed by atoms with Crippen molar-refractivity contribution >= 4 is 28.1 Å². The van der Waals surface area contributed by atoms with E-state index in [0.29, 0.717) is 18.0 Å². The third-order valence-electron chi connectivity index (χ3n) is 3.38. The summed E-state index contributed by atoms with van der Waals surface area (Å²) in [6.07, 6.45) is 0.946. The van der Waals surface area contributed by atoms with Gasteiger partial charge >= 0.3 is 0 Å². The number of nitrogens with one attached hydrogen (secondary N) is 2. The van der Waals surface area contributed by atoms with Crippen LogP contribution < -0.4 is 10.0 Å². The van der Waals surface area contributed by atoms with Gasteiger partial charge in [-0.25, -0.2) is 13.1 Å². The highest BCUT2D eigenvalue weighted by Crippen LogP contribution is 2.21. The molecule has 9 heteroatoms. The van der Waals surface area contributed by atoms with Gasteiger partial charge in [0.1, 0.15) is 0 Å². The molecule has 1 saturated heterocycles. The van der Waals surface area contributed by atoms with Crippen molar-refractivity contribution in [1.29, 1.82) is 0 Å². The number of sulfonamides is 1. The zero-order valence-electron chi connectivity index (χ0n) is 11.5. The normalized spacial score (nSPS) is 18.2. The number of halogens is 1. The number of hydrogen-bond donors (Lipinski definition) is 2. The molecule has 0 bridgehead atoms. The van der Waals surface area contributed by atoms with E-state index < -0.39 is 14.9 Å². The Hall–Kier alpha value is -1.22. The highest BCUT2D eigenvalue weighted by molar-refractivity contribution is 7.89. The van der Waals surface area contributed by atoms with E-state index in [1.807, 2.05) is 0 Å². The van der Waals surface area contributed by atoms with Crippen LogP contribution in [0.2, 0.25) is 0 Å². The monoisotopic (exact) mass is 335 g/mol. The third kappa shape index (κ3) is 4.37. The highest BCUT2D eigenvalue weighted by atomic mass is 35.5. The van der Waals surface area contributed by atoms with Crippen molar-refractivity contribution in [3.63, 3.8) is 0 Å².